The van der Waals surface area contributed by atoms with Gasteiger partial charge in [-0.3, -0.25) is 14.5 Å². The van der Waals surface area contributed by atoms with Crippen molar-refractivity contribution in [1.29, 1.82) is 0 Å². The molecule has 0 saturated carbocycles. The summed E-state index contributed by atoms with van der Waals surface area (Å²) in [5, 5.41) is 0. The van der Waals surface area contributed by atoms with E-state index in [0.717, 1.165) is 25.9 Å². The summed E-state index contributed by atoms with van der Waals surface area (Å²) < 4.78 is 15.8. The van der Waals surface area contributed by atoms with Crippen molar-refractivity contribution in [3.63, 3.8) is 0 Å². The number of amides is 2. The summed E-state index contributed by atoms with van der Waals surface area (Å²) in [5.74, 6) is 1.12. The Kier molecular flexibility index (Phi) is 6.79. The summed E-state index contributed by atoms with van der Waals surface area (Å²) >= 11 is 0. The van der Waals surface area contributed by atoms with Gasteiger partial charge < -0.3 is 19.1 Å². The van der Waals surface area contributed by atoms with Crippen molar-refractivity contribution in [2.45, 2.75) is 26.2 Å². The largest absolute Gasteiger partial charge is 0.493 e. The molecule has 0 radical (unpaired) electrons. The smallest absolute Gasteiger partial charge is 0.277 e. The lowest BCUT2D eigenvalue weighted by Crippen LogP contribution is -2.39. The van der Waals surface area contributed by atoms with E-state index in [4.69, 9.17) is 14.2 Å². The van der Waals surface area contributed by atoms with Gasteiger partial charge in [0.05, 0.1) is 19.8 Å². The van der Waals surface area contributed by atoms with Gasteiger partial charge in [-0.15, -0.1) is 0 Å². The molecule has 2 aliphatic heterocycles. The average Bonchev–Trinajstić information content (AvgIpc) is 2.98. The maximum Gasteiger partial charge on any atom is 0.277 e. The van der Waals surface area contributed by atoms with Gasteiger partial charge in [-0.25, -0.2) is 0 Å². The summed E-state index contributed by atoms with van der Waals surface area (Å²) in [7, 11) is 4.74. The first-order valence-electron chi connectivity index (χ1n) is 10.1. The predicted molar refractivity (Wildman–Crippen MR) is 110 cm³/mol. The Morgan fingerprint density at radius 2 is 1.83 bits per heavy atom. The predicted octanol–water partition coefficient (Wildman–Crippen LogP) is 2.55. The second-order valence-electron chi connectivity index (χ2n) is 7.60. The number of ether oxygens (including phenoxy) is 3. The second-order valence-corrected chi connectivity index (χ2v) is 7.60. The average molecular weight is 402 g/mol. The van der Waals surface area contributed by atoms with Crippen LogP contribution in [0.5, 0.6) is 11.5 Å². The molecule has 29 heavy (non-hydrogen) atoms. The van der Waals surface area contributed by atoms with Crippen LogP contribution >= 0.6 is 0 Å². The molecule has 2 aliphatic rings. The Balaban J connectivity index is 2.03. The van der Waals surface area contributed by atoms with E-state index in [2.05, 4.69) is 11.8 Å². The third-order valence-corrected chi connectivity index (χ3v) is 5.52. The third kappa shape index (κ3) is 4.24. The van der Waals surface area contributed by atoms with Gasteiger partial charge in [0.1, 0.15) is 5.70 Å². The lowest BCUT2D eigenvalue weighted by molar-refractivity contribution is -0.137. The van der Waals surface area contributed by atoms with Gasteiger partial charge in [0, 0.05) is 33.4 Å². The van der Waals surface area contributed by atoms with E-state index in [1.807, 2.05) is 6.07 Å². The van der Waals surface area contributed by atoms with Crippen molar-refractivity contribution < 1.29 is 23.8 Å². The number of likely N-dealkylation sites (tertiary alicyclic amines) is 1. The molecule has 1 atom stereocenters. The monoisotopic (exact) mass is 402 g/mol. The Labute approximate surface area is 172 Å². The fourth-order valence-corrected chi connectivity index (χ4v) is 4.07. The van der Waals surface area contributed by atoms with Crippen LogP contribution in [0, 0.1) is 5.92 Å². The summed E-state index contributed by atoms with van der Waals surface area (Å²) in [6.45, 7) is 4.58. The summed E-state index contributed by atoms with van der Waals surface area (Å²) in [5.41, 5.74) is 1.62. The molecule has 0 bridgehead atoms. The zero-order valence-electron chi connectivity index (χ0n) is 17.7. The normalized spacial score (nSPS) is 19.9. The molecule has 2 amide bonds. The highest BCUT2D eigenvalue weighted by molar-refractivity contribution is 6.35. The van der Waals surface area contributed by atoms with Crippen LogP contribution in [-0.4, -0.2) is 69.2 Å². The highest BCUT2D eigenvalue weighted by Gasteiger charge is 2.42. The topological polar surface area (TPSA) is 68.3 Å². The summed E-state index contributed by atoms with van der Waals surface area (Å²) in [4.78, 5) is 30.0. The number of nitrogens with zero attached hydrogens (tertiary/aromatic N) is 2. The summed E-state index contributed by atoms with van der Waals surface area (Å²) in [6.07, 6.45) is 2.75. The van der Waals surface area contributed by atoms with Crippen molar-refractivity contribution in [2.24, 2.45) is 5.92 Å². The van der Waals surface area contributed by atoms with Gasteiger partial charge >= 0.3 is 0 Å². The van der Waals surface area contributed by atoms with E-state index in [1.54, 1.807) is 33.5 Å². The molecule has 0 N–H and O–H groups in total. The lowest BCUT2D eigenvalue weighted by Gasteiger charge is -2.33. The zero-order valence-corrected chi connectivity index (χ0v) is 17.7. The van der Waals surface area contributed by atoms with Crippen molar-refractivity contribution in [3.8, 4) is 11.5 Å². The Hall–Kier alpha value is -2.54. The number of carbonyl (C=O) groups excluding carboxylic acids is 2. The molecule has 1 fully saturated rings. The lowest BCUT2D eigenvalue weighted by atomic mass is 9.97. The first-order chi connectivity index (χ1) is 14.0. The molecule has 2 heterocycles. The Morgan fingerprint density at radius 3 is 2.48 bits per heavy atom. The number of carbonyl (C=O) groups is 2. The molecule has 7 nitrogen and oxygen atoms in total. The number of methoxy groups -OCH3 is 3. The minimum atomic E-state index is -0.258. The number of hydrogen-bond donors (Lipinski definition) is 0. The number of hydrogen-bond acceptors (Lipinski definition) is 6. The maximum absolute atomic E-state index is 13.3. The van der Waals surface area contributed by atoms with Crippen LogP contribution in [0.15, 0.2) is 23.9 Å². The van der Waals surface area contributed by atoms with Crippen LogP contribution in [0.2, 0.25) is 0 Å². The molecular formula is C22H30N2O5. The Morgan fingerprint density at radius 1 is 1.07 bits per heavy atom. The van der Waals surface area contributed by atoms with Gasteiger partial charge in [-0.05, 0) is 42.9 Å². The van der Waals surface area contributed by atoms with E-state index >= 15 is 0 Å². The van der Waals surface area contributed by atoms with Crippen LogP contribution in [-0.2, 0) is 14.3 Å². The third-order valence-electron chi connectivity index (χ3n) is 5.52. The molecule has 3 rings (SSSR count). The zero-order chi connectivity index (χ0) is 21.0. The quantitative estimate of drug-likeness (QED) is 0.492. The SMILES string of the molecule is COCCCN1C(=O)C(c2ccc(OC)c(OC)c2)=C(N2CCCC(C)C2)C1=O. The van der Waals surface area contributed by atoms with Gasteiger partial charge in [-0.1, -0.05) is 13.0 Å². The van der Waals surface area contributed by atoms with Gasteiger partial charge in [0.2, 0.25) is 0 Å². The van der Waals surface area contributed by atoms with Gasteiger partial charge in [0.15, 0.2) is 11.5 Å². The van der Waals surface area contributed by atoms with E-state index in [9.17, 15) is 9.59 Å². The van der Waals surface area contributed by atoms with Crippen LogP contribution in [0.1, 0.15) is 31.7 Å². The molecule has 1 unspecified atom stereocenters. The molecular weight excluding hydrogens is 372 g/mol. The highest BCUT2D eigenvalue weighted by atomic mass is 16.5. The fraction of sp³-hybridized carbons (Fsp3) is 0.545. The number of piperidine rings is 1. The standard InChI is InChI=1S/C22H30N2O5/c1-15-7-5-10-23(14-15)20-19(16-8-9-17(28-3)18(13-16)29-4)21(25)24(22(20)26)11-6-12-27-2/h8-9,13,15H,5-7,10-12,14H2,1-4H3. The highest BCUT2D eigenvalue weighted by Crippen LogP contribution is 2.37. The van der Waals surface area contributed by atoms with Crippen LogP contribution < -0.4 is 9.47 Å². The molecule has 158 valence electrons. The number of rotatable bonds is 8. The maximum atomic E-state index is 13.3. The van der Waals surface area contributed by atoms with Crippen LogP contribution in [0.3, 0.4) is 0 Å². The Bertz CT molecular complexity index is 804. The number of imide groups is 1. The van der Waals surface area contributed by atoms with Crippen molar-refractivity contribution in [3.05, 3.63) is 29.5 Å². The van der Waals surface area contributed by atoms with Crippen molar-refractivity contribution in [2.75, 3.05) is 47.6 Å². The van der Waals surface area contributed by atoms with E-state index in [1.165, 1.54) is 4.90 Å². The van der Waals surface area contributed by atoms with Crippen molar-refractivity contribution in [1.82, 2.24) is 9.80 Å². The minimum Gasteiger partial charge on any atom is -0.493 e. The van der Waals surface area contributed by atoms with E-state index in [-0.39, 0.29) is 11.8 Å². The fourth-order valence-electron chi connectivity index (χ4n) is 4.07. The molecule has 0 aliphatic carbocycles. The summed E-state index contributed by atoms with van der Waals surface area (Å²) in [6, 6.07) is 5.35. The molecule has 7 heteroatoms. The second kappa shape index (κ2) is 9.31. The molecule has 0 spiro atoms. The molecule has 1 saturated heterocycles. The minimum absolute atomic E-state index is 0.218. The number of benzene rings is 1. The van der Waals surface area contributed by atoms with Crippen LogP contribution in [0.4, 0.5) is 0 Å². The van der Waals surface area contributed by atoms with Gasteiger partial charge in [0.25, 0.3) is 11.8 Å². The first kappa shape index (κ1) is 21.2. The first-order valence-corrected chi connectivity index (χ1v) is 10.1. The molecule has 1 aromatic rings. The van der Waals surface area contributed by atoms with E-state index < -0.39 is 0 Å². The van der Waals surface area contributed by atoms with Gasteiger partial charge in [-0.2, -0.15) is 0 Å². The van der Waals surface area contributed by atoms with Crippen LogP contribution in [0.25, 0.3) is 5.57 Å². The molecule has 0 aromatic heterocycles. The van der Waals surface area contributed by atoms with Crippen molar-refractivity contribution >= 4 is 17.4 Å². The van der Waals surface area contributed by atoms with E-state index in [0.29, 0.717) is 53.8 Å². The molecule has 1 aromatic carbocycles.